The molecule has 0 radical (unpaired) electrons. The molecule has 2 aromatic carbocycles. The SMILES string of the molecule is O=C1C(=O)N(Cc2ccccc2Br)c2cc(Br)ccc21. The van der Waals surface area contributed by atoms with Gasteiger partial charge in [-0.1, -0.05) is 50.1 Å². The maximum absolute atomic E-state index is 12.1. The third-order valence-corrected chi connectivity index (χ3v) is 4.49. The normalized spacial score (nSPS) is 13.8. The van der Waals surface area contributed by atoms with Gasteiger partial charge in [-0.3, -0.25) is 9.59 Å². The third-order valence-electron chi connectivity index (χ3n) is 3.22. The second-order valence-corrected chi connectivity index (χ2v) is 6.24. The predicted octanol–water partition coefficient (Wildman–Crippen LogP) is 3.94. The number of nitrogens with zero attached hydrogens (tertiary/aromatic N) is 1. The van der Waals surface area contributed by atoms with E-state index < -0.39 is 11.7 Å². The number of amides is 1. The van der Waals surface area contributed by atoms with E-state index in [1.165, 1.54) is 4.90 Å². The molecule has 2 aromatic rings. The van der Waals surface area contributed by atoms with Crippen molar-refractivity contribution in [3.63, 3.8) is 0 Å². The van der Waals surface area contributed by atoms with Crippen LogP contribution in [0.2, 0.25) is 0 Å². The summed E-state index contributed by atoms with van der Waals surface area (Å²) in [5, 5.41) is 0. The molecule has 0 spiro atoms. The first-order valence-electron chi connectivity index (χ1n) is 5.97. The fourth-order valence-corrected chi connectivity index (χ4v) is 2.98. The number of halogens is 2. The van der Waals surface area contributed by atoms with E-state index in [1.807, 2.05) is 24.3 Å². The van der Waals surface area contributed by atoms with E-state index >= 15 is 0 Å². The summed E-state index contributed by atoms with van der Waals surface area (Å²) in [7, 11) is 0. The molecule has 5 heteroatoms. The summed E-state index contributed by atoms with van der Waals surface area (Å²) < 4.78 is 1.76. The van der Waals surface area contributed by atoms with Crippen LogP contribution in [0.5, 0.6) is 0 Å². The molecule has 0 atom stereocenters. The molecular formula is C15H9Br2NO2. The lowest BCUT2D eigenvalue weighted by Crippen LogP contribution is -2.29. The first kappa shape index (κ1) is 13.5. The number of fused-ring (bicyclic) bond motifs is 1. The molecule has 0 N–H and O–H groups in total. The molecule has 1 aliphatic rings. The summed E-state index contributed by atoms with van der Waals surface area (Å²) in [6, 6.07) is 12.9. The molecule has 0 aromatic heterocycles. The van der Waals surface area contributed by atoms with Crippen LogP contribution in [-0.4, -0.2) is 11.7 Å². The van der Waals surface area contributed by atoms with Crippen molar-refractivity contribution in [3.05, 3.63) is 62.5 Å². The van der Waals surface area contributed by atoms with E-state index in [1.54, 1.807) is 18.2 Å². The Kier molecular flexibility index (Phi) is 3.48. The van der Waals surface area contributed by atoms with Gasteiger partial charge in [0.15, 0.2) is 0 Å². The maximum Gasteiger partial charge on any atom is 0.299 e. The van der Waals surface area contributed by atoms with Gasteiger partial charge in [-0.2, -0.15) is 0 Å². The minimum atomic E-state index is -0.478. The first-order chi connectivity index (χ1) is 9.58. The fourth-order valence-electron chi connectivity index (χ4n) is 2.22. The van der Waals surface area contributed by atoms with Crippen LogP contribution in [0.15, 0.2) is 51.4 Å². The van der Waals surface area contributed by atoms with Gasteiger partial charge in [-0.15, -0.1) is 0 Å². The Balaban J connectivity index is 2.03. The van der Waals surface area contributed by atoms with Crippen molar-refractivity contribution in [3.8, 4) is 0 Å². The largest absolute Gasteiger partial charge is 0.300 e. The number of Topliss-reactive ketones (excluding diaryl/α,β-unsaturated/α-hetero) is 1. The monoisotopic (exact) mass is 393 g/mol. The summed E-state index contributed by atoms with van der Waals surface area (Å²) in [5.74, 6) is -0.923. The zero-order valence-electron chi connectivity index (χ0n) is 10.3. The molecule has 0 aliphatic carbocycles. The average molecular weight is 395 g/mol. The minimum absolute atomic E-state index is 0.370. The van der Waals surface area contributed by atoms with Crippen molar-refractivity contribution in [2.24, 2.45) is 0 Å². The summed E-state index contributed by atoms with van der Waals surface area (Å²) in [6.07, 6.45) is 0. The number of ketones is 1. The lowest BCUT2D eigenvalue weighted by atomic mass is 10.1. The molecule has 1 amide bonds. The van der Waals surface area contributed by atoms with Gasteiger partial charge in [0.05, 0.1) is 17.8 Å². The zero-order chi connectivity index (χ0) is 14.3. The van der Waals surface area contributed by atoms with Crippen molar-refractivity contribution < 1.29 is 9.59 Å². The topological polar surface area (TPSA) is 37.4 Å². The van der Waals surface area contributed by atoms with Crippen LogP contribution in [0.1, 0.15) is 15.9 Å². The highest BCUT2D eigenvalue weighted by atomic mass is 79.9. The van der Waals surface area contributed by atoms with Crippen molar-refractivity contribution >= 4 is 49.2 Å². The molecule has 0 unspecified atom stereocenters. The maximum atomic E-state index is 12.1. The van der Waals surface area contributed by atoms with Crippen molar-refractivity contribution in [2.45, 2.75) is 6.54 Å². The number of carbonyl (C=O) groups is 2. The Hall–Kier alpha value is -1.46. The minimum Gasteiger partial charge on any atom is -0.300 e. The van der Waals surface area contributed by atoms with Gasteiger partial charge in [-0.25, -0.2) is 0 Å². The quantitative estimate of drug-likeness (QED) is 0.723. The van der Waals surface area contributed by atoms with Gasteiger partial charge in [-0.05, 0) is 29.8 Å². The molecule has 0 saturated carbocycles. The lowest BCUT2D eigenvalue weighted by molar-refractivity contribution is -0.114. The molecule has 100 valence electrons. The Morgan fingerprint density at radius 1 is 1.00 bits per heavy atom. The Labute approximate surface area is 132 Å². The van der Waals surface area contributed by atoms with Crippen LogP contribution in [0.3, 0.4) is 0 Å². The summed E-state index contributed by atoms with van der Waals surface area (Å²) in [5.41, 5.74) is 2.08. The number of hydrogen-bond donors (Lipinski definition) is 0. The van der Waals surface area contributed by atoms with E-state index in [4.69, 9.17) is 0 Å². The van der Waals surface area contributed by atoms with Crippen molar-refractivity contribution in [1.29, 1.82) is 0 Å². The molecule has 0 saturated heterocycles. The van der Waals surface area contributed by atoms with Crippen LogP contribution in [0.4, 0.5) is 5.69 Å². The van der Waals surface area contributed by atoms with Crippen LogP contribution >= 0.6 is 31.9 Å². The van der Waals surface area contributed by atoms with Gasteiger partial charge in [0, 0.05) is 8.95 Å². The van der Waals surface area contributed by atoms with E-state index in [9.17, 15) is 9.59 Å². The van der Waals surface area contributed by atoms with E-state index in [0.717, 1.165) is 14.5 Å². The molecule has 3 rings (SSSR count). The number of rotatable bonds is 2. The van der Waals surface area contributed by atoms with Gasteiger partial charge < -0.3 is 4.90 Å². The van der Waals surface area contributed by atoms with E-state index in [-0.39, 0.29) is 0 Å². The van der Waals surface area contributed by atoms with Crippen molar-refractivity contribution in [2.75, 3.05) is 4.90 Å². The number of hydrogen-bond acceptors (Lipinski definition) is 2. The van der Waals surface area contributed by atoms with Gasteiger partial charge >= 0.3 is 0 Å². The first-order valence-corrected chi connectivity index (χ1v) is 7.55. The summed E-state index contributed by atoms with van der Waals surface area (Å²) >= 11 is 6.83. The van der Waals surface area contributed by atoms with Crippen LogP contribution in [0.25, 0.3) is 0 Å². The molecular weight excluding hydrogens is 386 g/mol. The molecule has 1 heterocycles. The van der Waals surface area contributed by atoms with Crippen LogP contribution in [-0.2, 0) is 11.3 Å². The van der Waals surface area contributed by atoms with Gasteiger partial charge in [0.2, 0.25) is 0 Å². The molecule has 0 bridgehead atoms. The smallest absolute Gasteiger partial charge is 0.299 e. The Morgan fingerprint density at radius 2 is 1.75 bits per heavy atom. The van der Waals surface area contributed by atoms with Crippen LogP contribution < -0.4 is 4.90 Å². The standard InChI is InChI=1S/C15H9Br2NO2/c16-10-5-6-11-13(7-10)18(15(20)14(11)19)8-9-3-1-2-4-12(9)17/h1-7H,8H2. The molecule has 1 aliphatic heterocycles. The highest BCUT2D eigenvalue weighted by Gasteiger charge is 2.35. The number of benzene rings is 2. The highest BCUT2D eigenvalue weighted by molar-refractivity contribution is 9.10. The molecule has 0 fully saturated rings. The Bertz CT molecular complexity index is 728. The Morgan fingerprint density at radius 3 is 2.50 bits per heavy atom. The van der Waals surface area contributed by atoms with Gasteiger partial charge in [0.1, 0.15) is 0 Å². The average Bonchev–Trinajstić information content (AvgIpc) is 2.66. The summed E-state index contributed by atoms with van der Waals surface area (Å²) in [6.45, 7) is 0.370. The van der Waals surface area contributed by atoms with Crippen molar-refractivity contribution in [1.82, 2.24) is 0 Å². The third kappa shape index (κ3) is 2.21. The highest BCUT2D eigenvalue weighted by Crippen LogP contribution is 2.33. The zero-order valence-corrected chi connectivity index (χ0v) is 13.4. The summed E-state index contributed by atoms with van der Waals surface area (Å²) in [4.78, 5) is 25.6. The van der Waals surface area contributed by atoms with Crippen LogP contribution in [0, 0.1) is 0 Å². The second kappa shape index (κ2) is 5.14. The number of anilines is 1. The second-order valence-electron chi connectivity index (χ2n) is 4.47. The molecule has 3 nitrogen and oxygen atoms in total. The van der Waals surface area contributed by atoms with E-state index in [2.05, 4.69) is 31.9 Å². The number of carbonyl (C=O) groups excluding carboxylic acids is 2. The predicted molar refractivity (Wildman–Crippen MR) is 83.8 cm³/mol. The van der Waals surface area contributed by atoms with Gasteiger partial charge in [0.25, 0.3) is 11.7 Å². The molecule has 20 heavy (non-hydrogen) atoms. The lowest BCUT2D eigenvalue weighted by Gasteiger charge is -2.17. The fraction of sp³-hybridized carbons (Fsp3) is 0.0667. The van der Waals surface area contributed by atoms with E-state index in [0.29, 0.717) is 17.8 Å².